The number of amides is 1. The van der Waals surface area contributed by atoms with Gasteiger partial charge in [-0.05, 0) is 49.4 Å². The Kier molecular flexibility index (Phi) is 7.72. The molecule has 2 aliphatic rings. The van der Waals surface area contributed by atoms with Crippen molar-refractivity contribution in [2.24, 2.45) is 5.92 Å². The molecule has 7 heteroatoms. The topological polar surface area (TPSA) is 64.0 Å². The predicted molar refractivity (Wildman–Crippen MR) is 148 cm³/mol. The number of rotatable bonds is 7. The van der Waals surface area contributed by atoms with Crippen LogP contribution in [0.2, 0.25) is 0 Å². The van der Waals surface area contributed by atoms with E-state index < -0.39 is 0 Å². The number of methoxy groups -OCH3 is 1. The van der Waals surface area contributed by atoms with E-state index in [-0.39, 0.29) is 17.4 Å². The summed E-state index contributed by atoms with van der Waals surface area (Å²) in [5, 5.41) is 0.973. The number of morpholine rings is 1. The number of carbonyl (C=O) groups excluding carboxylic acids is 1. The summed E-state index contributed by atoms with van der Waals surface area (Å²) >= 11 is 0. The van der Waals surface area contributed by atoms with Crippen molar-refractivity contribution in [3.05, 3.63) is 76.6 Å². The zero-order chi connectivity index (χ0) is 25.8. The molecule has 1 amide bonds. The first-order valence-electron chi connectivity index (χ1n) is 13.2. The standard InChI is InChI=1S/C30H35N3O4/c1-3-32-26-11-10-24(20-25(26)28(21-30(32)35)31-14-17-37-18-15-31)33-27(23-7-5-4-6-8-23)19-22(13-16-36-2)9-12-29(33)34/h4-8,10-11,19-22H,3,9,12-18H2,1-2H3. The molecule has 3 aromatic rings. The minimum absolute atomic E-state index is 0.0130. The van der Waals surface area contributed by atoms with E-state index in [9.17, 15) is 9.59 Å². The number of aryl methyl sites for hydroxylation is 1. The number of carbonyl (C=O) groups is 1. The lowest BCUT2D eigenvalue weighted by molar-refractivity contribution is -0.118. The Bertz CT molecular complexity index is 1340. The zero-order valence-electron chi connectivity index (χ0n) is 21.7. The molecule has 0 bridgehead atoms. The van der Waals surface area contributed by atoms with Crippen LogP contribution in [0.1, 0.15) is 31.7 Å². The van der Waals surface area contributed by atoms with E-state index in [0.29, 0.717) is 32.8 Å². The second-order valence-corrected chi connectivity index (χ2v) is 9.64. The van der Waals surface area contributed by atoms with Gasteiger partial charge in [-0.15, -0.1) is 0 Å². The number of anilines is 2. The summed E-state index contributed by atoms with van der Waals surface area (Å²) in [6, 6.07) is 17.9. The molecule has 1 saturated heterocycles. The molecule has 2 aromatic carbocycles. The summed E-state index contributed by atoms with van der Waals surface area (Å²) in [4.78, 5) is 30.8. The van der Waals surface area contributed by atoms with Crippen LogP contribution in [0.25, 0.3) is 16.6 Å². The fourth-order valence-electron chi connectivity index (χ4n) is 5.44. The van der Waals surface area contributed by atoms with Crippen molar-refractivity contribution in [2.45, 2.75) is 32.7 Å². The Morgan fingerprint density at radius 1 is 1.03 bits per heavy atom. The summed E-state index contributed by atoms with van der Waals surface area (Å²) in [6.07, 6.45) is 4.36. The molecule has 194 valence electrons. The van der Waals surface area contributed by atoms with Gasteiger partial charge in [0.2, 0.25) is 5.91 Å². The van der Waals surface area contributed by atoms with E-state index in [0.717, 1.165) is 59.5 Å². The molecule has 1 fully saturated rings. The van der Waals surface area contributed by atoms with Gasteiger partial charge in [0, 0.05) is 56.9 Å². The van der Waals surface area contributed by atoms with Crippen LogP contribution in [0.5, 0.6) is 0 Å². The molecule has 0 N–H and O–H groups in total. The van der Waals surface area contributed by atoms with Gasteiger partial charge in [-0.2, -0.15) is 0 Å². The van der Waals surface area contributed by atoms with Crippen molar-refractivity contribution < 1.29 is 14.3 Å². The van der Waals surface area contributed by atoms with Gasteiger partial charge < -0.3 is 18.9 Å². The number of pyridine rings is 1. The zero-order valence-corrected chi connectivity index (χ0v) is 21.7. The van der Waals surface area contributed by atoms with Crippen molar-refractivity contribution in [3.63, 3.8) is 0 Å². The van der Waals surface area contributed by atoms with Gasteiger partial charge in [-0.1, -0.05) is 36.4 Å². The van der Waals surface area contributed by atoms with Crippen LogP contribution in [0.15, 0.2) is 65.5 Å². The normalized spacial score (nSPS) is 18.7. The Labute approximate surface area is 217 Å². The van der Waals surface area contributed by atoms with E-state index in [1.165, 1.54) is 0 Å². The van der Waals surface area contributed by atoms with Crippen molar-refractivity contribution in [1.82, 2.24) is 4.57 Å². The number of allylic oxidation sites excluding steroid dienone is 1. The monoisotopic (exact) mass is 501 g/mol. The van der Waals surface area contributed by atoms with Crippen LogP contribution in [0, 0.1) is 5.92 Å². The average Bonchev–Trinajstić information content (AvgIpc) is 3.10. The third-order valence-corrected chi connectivity index (χ3v) is 7.37. The fraction of sp³-hybridized carbons (Fsp3) is 0.400. The van der Waals surface area contributed by atoms with Crippen LogP contribution in [-0.2, 0) is 20.8 Å². The largest absolute Gasteiger partial charge is 0.385 e. The van der Waals surface area contributed by atoms with Crippen molar-refractivity contribution in [3.8, 4) is 0 Å². The fourth-order valence-corrected chi connectivity index (χ4v) is 5.44. The SMILES string of the molecule is CCn1c(=O)cc(N2CCOCC2)c2cc(N3C(=O)CCC(CCOC)C=C3c3ccccc3)ccc21. The highest BCUT2D eigenvalue weighted by Gasteiger charge is 2.28. The van der Waals surface area contributed by atoms with Gasteiger partial charge in [0.15, 0.2) is 0 Å². The Morgan fingerprint density at radius 3 is 2.54 bits per heavy atom. The highest BCUT2D eigenvalue weighted by atomic mass is 16.5. The van der Waals surface area contributed by atoms with E-state index in [4.69, 9.17) is 9.47 Å². The maximum absolute atomic E-state index is 13.7. The second-order valence-electron chi connectivity index (χ2n) is 9.64. The van der Waals surface area contributed by atoms with Crippen LogP contribution >= 0.6 is 0 Å². The van der Waals surface area contributed by atoms with Gasteiger partial charge in [-0.3, -0.25) is 14.5 Å². The number of hydrogen-bond acceptors (Lipinski definition) is 5. The van der Waals surface area contributed by atoms with E-state index in [1.807, 2.05) is 42.2 Å². The third kappa shape index (κ3) is 5.20. The first-order valence-corrected chi connectivity index (χ1v) is 13.2. The van der Waals surface area contributed by atoms with Crippen molar-refractivity contribution >= 4 is 33.9 Å². The lowest BCUT2D eigenvalue weighted by atomic mass is 9.98. The molecule has 1 unspecified atom stereocenters. The van der Waals surface area contributed by atoms with Gasteiger partial charge in [0.1, 0.15) is 0 Å². The number of nitrogens with zero attached hydrogens (tertiary/aromatic N) is 3. The smallest absolute Gasteiger partial charge is 0.253 e. The van der Waals surface area contributed by atoms with Crippen molar-refractivity contribution in [1.29, 1.82) is 0 Å². The van der Waals surface area contributed by atoms with Crippen molar-refractivity contribution in [2.75, 3.05) is 49.8 Å². The molecule has 0 aliphatic carbocycles. The van der Waals surface area contributed by atoms with Gasteiger partial charge in [-0.25, -0.2) is 0 Å². The Balaban J connectivity index is 1.67. The number of ether oxygens (including phenoxy) is 2. The van der Waals surface area contributed by atoms with Gasteiger partial charge in [0.25, 0.3) is 5.56 Å². The molecule has 1 aromatic heterocycles. The Morgan fingerprint density at radius 2 is 1.81 bits per heavy atom. The van der Waals surface area contributed by atoms with E-state index in [2.05, 4.69) is 29.2 Å². The van der Waals surface area contributed by atoms with Crippen LogP contribution in [0.4, 0.5) is 11.4 Å². The molecule has 0 radical (unpaired) electrons. The van der Waals surface area contributed by atoms with E-state index >= 15 is 0 Å². The molecular weight excluding hydrogens is 466 g/mol. The average molecular weight is 502 g/mol. The summed E-state index contributed by atoms with van der Waals surface area (Å²) in [6.45, 7) is 5.94. The molecule has 0 saturated carbocycles. The van der Waals surface area contributed by atoms with E-state index in [1.54, 1.807) is 17.7 Å². The van der Waals surface area contributed by atoms with Gasteiger partial charge in [0.05, 0.1) is 30.1 Å². The number of fused-ring (bicyclic) bond motifs is 1. The molecule has 5 rings (SSSR count). The molecule has 37 heavy (non-hydrogen) atoms. The summed E-state index contributed by atoms with van der Waals surface area (Å²) in [7, 11) is 1.72. The molecule has 2 aliphatic heterocycles. The molecule has 1 atom stereocenters. The molecule has 7 nitrogen and oxygen atoms in total. The molecule has 0 spiro atoms. The van der Waals surface area contributed by atoms with Crippen LogP contribution < -0.4 is 15.4 Å². The lowest BCUT2D eigenvalue weighted by Gasteiger charge is -2.31. The minimum atomic E-state index is -0.0130. The molecular formula is C30H35N3O4. The number of benzene rings is 2. The van der Waals surface area contributed by atoms with Gasteiger partial charge >= 0.3 is 0 Å². The summed E-state index contributed by atoms with van der Waals surface area (Å²) < 4.78 is 12.7. The highest BCUT2D eigenvalue weighted by Crippen LogP contribution is 2.36. The minimum Gasteiger partial charge on any atom is -0.385 e. The highest BCUT2D eigenvalue weighted by molar-refractivity contribution is 6.08. The lowest BCUT2D eigenvalue weighted by Crippen LogP contribution is -2.37. The second kappa shape index (κ2) is 11.3. The quantitative estimate of drug-likeness (QED) is 0.471. The summed E-state index contributed by atoms with van der Waals surface area (Å²) in [5.41, 5.74) is 4.50. The first kappa shape index (κ1) is 25.2. The Hall–Kier alpha value is -3.42. The van der Waals surface area contributed by atoms with Crippen LogP contribution in [-0.4, -0.2) is 50.5 Å². The maximum atomic E-state index is 13.7. The summed E-state index contributed by atoms with van der Waals surface area (Å²) in [5.74, 6) is 0.324. The third-order valence-electron chi connectivity index (χ3n) is 7.37. The number of aromatic nitrogens is 1. The molecule has 3 heterocycles. The first-order chi connectivity index (χ1) is 18.1. The number of hydrogen-bond donors (Lipinski definition) is 0. The van der Waals surface area contributed by atoms with Crippen LogP contribution in [0.3, 0.4) is 0 Å². The maximum Gasteiger partial charge on any atom is 0.253 e. The predicted octanol–water partition coefficient (Wildman–Crippen LogP) is 4.68.